The fraction of sp³-hybridized carbons (Fsp3) is 0.130. The van der Waals surface area contributed by atoms with E-state index in [1.54, 1.807) is 24.3 Å². The van der Waals surface area contributed by atoms with Gasteiger partial charge in [0.05, 0.1) is 23.2 Å². The number of aromatic nitrogens is 1. The molecule has 31 heavy (non-hydrogen) atoms. The summed E-state index contributed by atoms with van der Waals surface area (Å²) in [5.74, 6) is -0.0658. The summed E-state index contributed by atoms with van der Waals surface area (Å²) in [4.78, 5) is 17.7. The van der Waals surface area contributed by atoms with Crippen LogP contribution in [0.1, 0.15) is 22.8 Å². The Morgan fingerprint density at radius 2 is 1.65 bits per heavy atom. The maximum atomic E-state index is 12.9. The van der Waals surface area contributed by atoms with E-state index in [-0.39, 0.29) is 5.78 Å². The molecular formula is C23H21ClN2O4S. The van der Waals surface area contributed by atoms with Crippen LogP contribution < -0.4 is 5.32 Å². The van der Waals surface area contributed by atoms with E-state index < -0.39 is 10.1 Å². The average Bonchev–Trinajstić information content (AvgIpc) is 2.90. The van der Waals surface area contributed by atoms with Crippen molar-refractivity contribution in [2.75, 3.05) is 18.1 Å². The lowest BCUT2D eigenvalue weighted by Crippen LogP contribution is -2.00. The smallest absolute Gasteiger partial charge is 0.261 e. The molecule has 4 rings (SSSR count). The minimum absolute atomic E-state index is 0.0658. The van der Waals surface area contributed by atoms with Crippen LogP contribution >= 0.6 is 11.6 Å². The van der Waals surface area contributed by atoms with Crippen molar-refractivity contribution in [3.05, 3.63) is 82.9 Å². The molecule has 0 radical (unpaired) electrons. The van der Waals surface area contributed by atoms with Crippen LogP contribution in [0.3, 0.4) is 0 Å². The second-order valence-corrected chi connectivity index (χ2v) is 8.74. The van der Waals surface area contributed by atoms with Crippen LogP contribution in [-0.2, 0) is 10.1 Å². The van der Waals surface area contributed by atoms with Gasteiger partial charge in [0.15, 0.2) is 5.78 Å². The summed E-state index contributed by atoms with van der Waals surface area (Å²) in [5.41, 5.74) is 4.94. The van der Waals surface area contributed by atoms with Gasteiger partial charge < -0.3 is 5.32 Å². The molecule has 1 aliphatic heterocycles. The molecule has 2 N–H and O–H groups in total. The Bertz CT molecular complexity index is 1310. The van der Waals surface area contributed by atoms with E-state index in [1.165, 1.54) is 0 Å². The largest absolute Gasteiger partial charge is 0.384 e. The van der Waals surface area contributed by atoms with E-state index in [0.29, 0.717) is 22.4 Å². The highest BCUT2D eigenvalue weighted by atomic mass is 35.5. The fourth-order valence-corrected chi connectivity index (χ4v) is 3.39. The summed E-state index contributed by atoms with van der Waals surface area (Å²) in [6.07, 6.45) is 0.715. The molecule has 0 aromatic heterocycles. The Kier molecular flexibility index (Phi) is 6.90. The van der Waals surface area contributed by atoms with E-state index in [0.717, 1.165) is 34.4 Å². The Labute approximate surface area is 186 Å². The van der Waals surface area contributed by atoms with Crippen LogP contribution in [-0.4, -0.2) is 36.5 Å². The molecule has 0 amide bonds. The quantitative estimate of drug-likeness (QED) is 0.325. The summed E-state index contributed by atoms with van der Waals surface area (Å²) in [7, 11) is -3.67. The van der Waals surface area contributed by atoms with Crippen molar-refractivity contribution in [2.45, 2.75) is 6.92 Å². The highest BCUT2D eigenvalue weighted by molar-refractivity contribution is 7.85. The van der Waals surface area contributed by atoms with Gasteiger partial charge in [0.1, 0.15) is 0 Å². The molecular weight excluding hydrogens is 436 g/mol. The second-order valence-electron chi connectivity index (χ2n) is 6.84. The summed E-state index contributed by atoms with van der Waals surface area (Å²) in [6, 6.07) is 20.7. The first-order valence-electron chi connectivity index (χ1n) is 9.46. The molecule has 6 nitrogen and oxygen atoms in total. The first kappa shape index (κ1) is 22.7. The van der Waals surface area contributed by atoms with Gasteiger partial charge in [0, 0.05) is 33.6 Å². The van der Waals surface area contributed by atoms with Gasteiger partial charge in [0.25, 0.3) is 10.1 Å². The number of carbonyl (C=O) groups is 1. The van der Waals surface area contributed by atoms with Crippen LogP contribution in [0.15, 0.2) is 66.7 Å². The maximum Gasteiger partial charge on any atom is 0.261 e. The predicted molar refractivity (Wildman–Crippen MR) is 125 cm³/mol. The summed E-state index contributed by atoms with van der Waals surface area (Å²) in [6.45, 7) is 2.89. The number of nitrogens with one attached hydrogen (secondary N) is 1. The predicted octanol–water partition coefficient (Wildman–Crippen LogP) is 5.16. The highest BCUT2D eigenvalue weighted by Crippen LogP contribution is 2.34. The van der Waals surface area contributed by atoms with E-state index >= 15 is 0 Å². The van der Waals surface area contributed by atoms with Gasteiger partial charge in [0.2, 0.25) is 0 Å². The maximum absolute atomic E-state index is 12.9. The van der Waals surface area contributed by atoms with E-state index in [9.17, 15) is 13.2 Å². The van der Waals surface area contributed by atoms with Gasteiger partial charge >= 0.3 is 0 Å². The molecule has 0 atom stereocenters. The molecule has 2 aromatic carbocycles. The fourth-order valence-electron chi connectivity index (χ4n) is 3.20. The molecule has 2 aliphatic rings. The van der Waals surface area contributed by atoms with Gasteiger partial charge in [-0.3, -0.25) is 9.35 Å². The molecule has 1 aliphatic carbocycles. The Morgan fingerprint density at radius 3 is 2.29 bits per heavy atom. The van der Waals surface area contributed by atoms with Gasteiger partial charge in [-0.15, -0.1) is 0 Å². The minimum atomic E-state index is -3.67. The van der Waals surface area contributed by atoms with E-state index in [4.69, 9.17) is 21.1 Å². The van der Waals surface area contributed by atoms with E-state index in [2.05, 4.69) is 18.3 Å². The summed E-state index contributed by atoms with van der Waals surface area (Å²) in [5, 5.41) is 4.97. The summed E-state index contributed by atoms with van der Waals surface area (Å²) < 4.78 is 25.9. The Morgan fingerprint density at radius 1 is 1.03 bits per heavy atom. The van der Waals surface area contributed by atoms with Crippen LogP contribution in [0.25, 0.3) is 22.2 Å². The molecule has 0 saturated carbocycles. The molecule has 1 heterocycles. The first-order valence-corrected chi connectivity index (χ1v) is 11.7. The SMILES string of the molecule is CCNc1cccc2c3cccc(C(=O)c4cccc(Cl)c4)cc-3nc12.CS(=O)(=O)O. The van der Waals surface area contributed by atoms with Crippen molar-refractivity contribution < 1.29 is 17.8 Å². The van der Waals surface area contributed by atoms with Crippen LogP contribution in [0.2, 0.25) is 5.02 Å². The number of para-hydroxylation sites is 1. The number of nitrogens with zero attached hydrogens (tertiary/aromatic N) is 1. The van der Waals surface area contributed by atoms with Crippen LogP contribution in [0.4, 0.5) is 5.69 Å². The number of hydrogen-bond acceptors (Lipinski definition) is 5. The Balaban J connectivity index is 0.000000491. The lowest BCUT2D eigenvalue weighted by molar-refractivity contribution is 0.103. The number of ketones is 1. The topological polar surface area (TPSA) is 96.4 Å². The molecule has 0 fully saturated rings. The number of benzene rings is 2. The standard InChI is InChI=1S/C22H17ClN2O.CH4O3S/c1-2-24-19-11-5-10-18-17-9-4-7-15(13-20(17)25-21(18)19)22(26)14-6-3-8-16(23)12-14;1-5(2,3)4/h3-13,24H,2H2,1H3;1H3,(H,2,3,4). The van der Waals surface area contributed by atoms with Gasteiger partial charge in [-0.25, -0.2) is 4.98 Å². The molecule has 2 aromatic rings. The second kappa shape index (κ2) is 9.43. The van der Waals surface area contributed by atoms with Gasteiger partial charge in [-0.1, -0.05) is 54.1 Å². The van der Waals surface area contributed by atoms with Crippen molar-refractivity contribution in [1.29, 1.82) is 0 Å². The minimum Gasteiger partial charge on any atom is -0.384 e. The monoisotopic (exact) mass is 456 g/mol. The lowest BCUT2D eigenvalue weighted by Gasteiger charge is -2.02. The molecule has 0 spiro atoms. The number of rotatable bonds is 4. The van der Waals surface area contributed by atoms with E-state index in [1.807, 2.05) is 36.4 Å². The molecule has 0 unspecified atom stereocenters. The van der Waals surface area contributed by atoms with Crippen LogP contribution in [0.5, 0.6) is 0 Å². The summed E-state index contributed by atoms with van der Waals surface area (Å²) >= 11 is 6.03. The average molecular weight is 457 g/mol. The number of hydrogen-bond donors (Lipinski definition) is 2. The van der Waals surface area contributed by atoms with Crippen molar-refractivity contribution in [1.82, 2.24) is 4.98 Å². The third-order valence-corrected chi connectivity index (χ3v) is 4.62. The number of fused-ring (bicyclic) bond motifs is 3. The normalized spacial score (nSPS) is 11.1. The zero-order valence-corrected chi connectivity index (χ0v) is 18.5. The third kappa shape index (κ3) is 5.79. The third-order valence-electron chi connectivity index (χ3n) is 4.38. The zero-order chi connectivity index (χ0) is 22.6. The van der Waals surface area contributed by atoms with Crippen LogP contribution in [0, 0.1) is 0 Å². The first-order chi connectivity index (χ1) is 14.7. The lowest BCUT2D eigenvalue weighted by atomic mass is 10.0. The molecule has 8 heteroatoms. The van der Waals surface area contributed by atoms with Crippen molar-refractivity contribution in [2.24, 2.45) is 0 Å². The van der Waals surface area contributed by atoms with Gasteiger partial charge in [-0.05, 0) is 31.2 Å². The van der Waals surface area contributed by atoms with Crippen molar-refractivity contribution in [3.63, 3.8) is 0 Å². The molecule has 0 bridgehead atoms. The molecule has 0 saturated heterocycles. The van der Waals surface area contributed by atoms with Crippen molar-refractivity contribution >= 4 is 44.1 Å². The zero-order valence-electron chi connectivity index (χ0n) is 17.0. The van der Waals surface area contributed by atoms with Crippen molar-refractivity contribution in [3.8, 4) is 11.3 Å². The number of halogens is 1. The Hall–Kier alpha value is -3.00. The number of anilines is 1. The van der Waals surface area contributed by atoms with Gasteiger partial charge in [-0.2, -0.15) is 8.42 Å². The number of carbonyl (C=O) groups excluding carboxylic acids is 1. The highest BCUT2D eigenvalue weighted by Gasteiger charge is 2.16. The molecule has 160 valence electrons.